The summed E-state index contributed by atoms with van der Waals surface area (Å²) in [6.45, 7) is 0.760. The van der Waals surface area contributed by atoms with Crippen molar-refractivity contribution in [3.63, 3.8) is 0 Å². The molecule has 37 heavy (non-hydrogen) atoms. The summed E-state index contributed by atoms with van der Waals surface area (Å²) >= 11 is 3.43. The number of aromatic nitrogens is 3. The molecule has 4 aromatic rings. The lowest BCUT2D eigenvalue weighted by Gasteiger charge is -2.18. The highest BCUT2D eigenvalue weighted by molar-refractivity contribution is 9.10. The molecule has 1 saturated heterocycles. The molecule has 2 aromatic carbocycles. The maximum absolute atomic E-state index is 13.3. The van der Waals surface area contributed by atoms with Gasteiger partial charge in [-0.3, -0.25) is 14.4 Å². The van der Waals surface area contributed by atoms with Crippen LogP contribution in [0.3, 0.4) is 0 Å². The molecule has 1 fully saturated rings. The number of nitrogens with zero attached hydrogens (tertiary/aromatic N) is 3. The lowest BCUT2D eigenvalue weighted by Crippen LogP contribution is -2.27. The minimum Gasteiger partial charge on any atom is -0.482 e. The van der Waals surface area contributed by atoms with Crippen molar-refractivity contribution < 1.29 is 19.1 Å². The predicted molar refractivity (Wildman–Crippen MR) is 139 cm³/mol. The highest BCUT2D eigenvalue weighted by atomic mass is 79.9. The van der Waals surface area contributed by atoms with Crippen molar-refractivity contribution in [1.29, 1.82) is 0 Å². The Morgan fingerprint density at radius 1 is 1.16 bits per heavy atom. The van der Waals surface area contributed by atoms with Crippen LogP contribution in [0.2, 0.25) is 0 Å². The molecule has 6 rings (SSSR count). The van der Waals surface area contributed by atoms with Gasteiger partial charge in [0.2, 0.25) is 5.91 Å². The Labute approximate surface area is 219 Å². The lowest BCUT2D eigenvalue weighted by atomic mass is 9.98. The predicted octanol–water partition coefficient (Wildman–Crippen LogP) is 3.50. The molecular weight excluding hydrogens is 540 g/mol. The Balaban J connectivity index is 1.20. The molecule has 4 heterocycles. The van der Waals surface area contributed by atoms with Gasteiger partial charge in [0.15, 0.2) is 12.3 Å². The molecule has 0 saturated carbocycles. The first kappa shape index (κ1) is 23.2. The number of ether oxygens (including phenoxy) is 1. The fourth-order valence-corrected chi connectivity index (χ4v) is 5.00. The zero-order chi connectivity index (χ0) is 25.5. The van der Waals surface area contributed by atoms with Gasteiger partial charge >= 0.3 is 0 Å². The number of rotatable bonds is 5. The quantitative estimate of drug-likeness (QED) is 0.342. The molecule has 2 aliphatic rings. The largest absolute Gasteiger partial charge is 0.482 e. The first-order valence-corrected chi connectivity index (χ1v) is 12.5. The minimum atomic E-state index is -0.390. The van der Waals surface area contributed by atoms with Crippen LogP contribution in [0, 0.1) is 0 Å². The first-order chi connectivity index (χ1) is 18.0. The third kappa shape index (κ3) is 4.31. The molecule has 2 aromatic heterocycles. The van der Waals surface area contributed by atoms with Gasteiger partial charge in [0.25, 0.3) is 11.8 Å². The van der Waals surface area contributed by atoms with Gasteiger partial charge in [0.05, 0.1) is 22.8 Å². The molecule has 186 valence electrons. The summed E-state index contributed by atoms with van der Waals surface area (Å²) in [6, 6.07) is 13.1. The Morgan fingerprint density at radius 3 is 2.84 bits per heavy atom. The van der Waals surface area contributed by atoms with Crippen molar-refractivity contribution in [2.45, 2.75) is 18.9 Å². The zero-order valence-corrected chi connectivity index (χ0v) is 21.0. The average molecular weight is 561 g/mol. The number of H-pyrrole nitrogens is 1. The van der Waals surface area contributed by atoms with E-state index < -0.39 is 0 Å². The molecule has 3 amide bonds. The molecule has 0 aliphatic carbocycles. The second-order valence-electron chi connectivity index (χ2n) is 8.85. The number of hydrogen-bond donors (Lipinski definition) is 3. The fourth-order valence-electron chi connectivity index (χ4n) is 4.73. The highest BCUT2D eigenvalue weighted by Crippen LogP contribution is 2.36. The van der Waals surface area contributed by atoms with Crippen LogP contribution >= 0.6 is 15.9 Å². The maximum Gasteiger partial charge on any atom is 0.272 e. The third-order valence-corrected chi connectivity index (χ3v) is 7.09. The summed E-state index contributed by atoms with van der Waals surface area (Å²) in [5.41, 5.74) is 4.11. The van der Waals surface area contributed by atoms with E-state index in [2.05, 4.69) is 41.5 Å². The summed E-state index contributed by atoms with van der Waals surface area (Å²) in [5.74, 6) is -0.255. The van der Waals surface area contributed by atoms with Crippen molar-refractivity contribution in [3.05, 3.63) is 76.3 Å². The van der Waals surface area contributed by atoms with E-state index in [1.165, 1.54) is 6.33 Å². The monoisotopic (exact) mass is 560 g/mol. The van der Waals surface area contributed by atoms with E-state index in [1.807, 2.05) is 30.3 Å². The summed E-state index contributed by atoms with van der Waals surface area (Å²) in [4.78, 5) is 51.3. The Hall–Kier alpha value is -4.25. The van der Waals surface area contributed by atoms with Gasteiger partial charge < -0.3 is 25.3 Å². The first-order valence-electron chi connectivity index (χ1n) is 11.7. The van der Waals surface area contributed by atoms with Gasteiger partial charge in [-0.05, 0) is 41.8 Å². The molecule has 0 radical (unpaired) electrons. The topological polar surface area (TPSA) is 129 Å². The second kappa shape index (κ2) is 9.32. The van der Waals surface area contributed by atoms with Gasteiger partial charge in [-0.2, -0.15) is 0 Å². The molecule has 11 heteroatoms. The second-order valence-corrected chi connectivity index (χ2v) is 9.77. The molecule has 0 bridgehead atoms. The number of amides is 3. The van der Waals surface area contributed by atoms with Crippen LogP contribution in [-0.4, -0.2) is 45.8 Å². The van der Waals surface area contributed by atoms with Gasteiger partial charge in [-0.1, -0.05) is 34.1 Å². The van der Waals surface area contributed by atoms with Crippen LogP contribution < -0.4 is 20.3 Å². The van der Waals surface area contributed by atoms with E-state index in [0.717, 1.165) is 15.6 Å². The van der Waals surface area contributed by atoms with Gasteiger partial charge in [-0.25, -0.2) is 9.97 Å². The lowest BCUT2D eigenvalue weighted by molar-refractivity contribution is -0.119. The zero-order valence-electron chi connectivity index (χ0n) is 19.5. The summed E-state index contributed by atoms with van der Waals surface area (Å²) in [5, 5.41) is 5.62. The fraction of sp³-hybridized carbons (Fsp3) is 0.192. The number of fused-ring (bicyclic) bond motifs is 2. The van der Waals surface area contributed by atoms with Crippen molar-refractivity contribution in [3.8, 4) is 5.75 Å². The number of nitrogens with one attached hydrogen (secondary N) is 3. The number of anilines is 2. The molecule has 2 aliphatic heterocycles. The van der Waals surface area contributed by atoms with Crippen LogP contribution in [0.4, 0.5) is 11.4 Å². The minimum absolute atomic E-state index is 0.00341. The molecule has 1 atom stereocenters. The van der Waals surface area contributed by atoms with Crippen molar-refractivity contribution in [1.82, 2.24) is 20.3 Å². The van der Waals surface area contributed by atoms with E-state index in [0.29, 0.717) is 41.1 Å². The summed E-state index contributed by atoms with van der Waals surface area (Å²) in [6.07, 6.45) is 3.72. The number of hydrogen-bond acceptors (Lipinski definition) is 6. The van der Waals surface area contributed by atoms with E-state index in [9.17, 15) is 14.4 Å². The van der Waals surface area contributed by atoms with E-state index in [-0.39, 0.29) is 42.5 Å². The normalized spacial score (nSPS) is 16.9. The number of halogens is 1. The number of benzene rings is 2. The molecule has 1 unspecified atom stereocenters. The van der Waals surface area contributed by atoms with E-state index in [4.69, 9.17) is 4.74 Å². The highest BCUT2D eigenvalue weighted by Gasteiger charge is 2.35. The summed E-state index contributed by atoms with van der Waals surface area (Å²) < 4.78 is 6.33. The van der Waals surface area contributed by atoms with Crippen LogP contribution in [0.5, 0.6) is 5.75 Å². The SMILES string of the molecule is O=C1COc2ccc(CNC(=O)c3ncnc4c(N5CCC(c6ccc(Br)cc6)C5=O)c[nH]c34)cc2N1. The van der Waals surface area contributed by atoms with Crippen LogP contribution in [0.1, 0.15) is 34.0 Å². The van der Waals surface area contributed by atoms with Gasteiger partial charge in [-0.15, -0.1) is 0 Å². The third-order valence-electron chi connectivity index (χ3n) is 6.56. The van der Waals surface area contributed by atoms with Crippen molar-refractivity contribution >= 4 is 56.1 Å². The van der Waals surface area contributed by atoms with Crippen molar-refractivity contribution in [2.75, 3.05) is 23.4 Å². The van der Waals surface area contributed by atoms with Gasteiger partial charge in [0.1, 0.15) is 17.6 Å². The van der Waals surface area contributed by atoms with Crippen molar-refractivity contribution in [2.24, 2.45) is 0 Å². The standard InChI is InChI=1S/C26H21BrN6O4/c27-16-4-2-15(3-5-16)17-7-8-33(26(17)36)19-11-28-23-22(19)30-13-31-24(23)25(35)29-10-14-1-6-20-18(9-14)32-21(34)12-37-20/h1-6,9,11,13,17,28H,7-8,10,12H2,(H,29,35)(H,32,34). The molecule has 3 N–H and O–H groups in total. The molecular formula is C26H21BrN6O4. The Kier molecular flexibility index (Phi) is 5.84. The van der Waals surface area contributed by atoms with Crippen LogP contribution in [0.25, 0.3) is 11.0 Å². The van der Waals surface area contributed by atoms with Gasteiger partial charge in [0, 0.05) is 23.8 Å². The number of carbonyl (C=O) groups excluding carboxylic acids is 3. The summed E-state index contributed by atoms with van der Waals surface area (Å²) in [7, 11) is 0. The average Bonchev–Trinajstić information content (AvgIpc) is 3.50. The number of aromatic amines is 1. The van der Waals surface area contributed by atoms with Crippen LogP contribution in [0.15, 0.2) is 59.5 Å². The van der Waals surface area contributed by atoms with E-state index >= 15 is 0 Å². The maximum atomic E-state index is 13.3. The Morgan fingerprint density at radius 2 is 2.00 bits per heavy atom. The molecule has 0 spiro atoms. The smallest absolute Gasteiger partial charge is 0.272 e. The van der Waals surface area contributed by atoms with Crippen LogP contribution in [-0.2, 0) is 16.1 Å². The number of carbonyl (C=O) groups is 3. The molecule has 10 nitrogen and oxygen atoms in total. The van der Waals surface area contributed by atoms with E-state index in [1.54, 1.807) is 23.2 Å². The Bertz CT molecular complexity index is 1550.